The smallest absolute Gasteiger partial charge is 0.241 e. The molecule has 1 aliphatic carbocycles. The van der Waals surface area contributed by atoms with Gasteiger partial charge >= 0.3 is 0 Å². The van der Waals surface area contributed by atoms with E-state index < -0.39 is 8.32 Å². The minimum absolute atomic E-state index is 0.996. The van der Waals surface area contributed by atoms with Gasteiger partial charge in [0.25, 0.3) is 0 Å². The summed E-state index contributed by atoms with van der Waals surface area (Å²) in [6, 6.07) is 0. The lowest BCUT2D eigenvalue weighted by molar-refractivity contribution is 0.411. The zero-order valence-electron chi connectivity index (χ0n) is 7.77. The fraction of sp³-hybridized carbons (Fsp3) is 0.556. The van der Waals surface area contributed by atoms with E-state index in [1.165, 1.54) is 11.3 Å². The molecule has 0 aromatic rings. The highest BCUT2D eigenvalue weighted by Gasteiger charge is 2.19. The van der Waals surface area contributed by atoms with Gasteiger partial charge in [-0.3, -0.25) is 0 Å². The minimum atomic E-state index is -1.36. The molecule has 11 heavy (non-hydrogen) atoms. The maximum Gasteiger partial charge on any atom is 0.241 e. The summed E-state index contributed by atoms with van der Waals surface area (Å²) in [5.74, 6) is 1.18. The van der Waals surface area contributed by atoms with Crippen LogP contribution in [-0.4, -0.2) is 8.32 Å². The third kappa shape index (κ3) is 2.54. The molecule has 0 aliphatic heterocycles. The molecule has 0 atom stereocenters. The van der Waals surface area contributed by atoms with Gasteiger partial charge in [0.1, 0.15) is 0 Å². The number of allylic oxidation sites excluding steroid dienone is 3. The topological polar surface area (TPSA) is 9.23 Å². The molecule has 0 fully saturated rings. The van der Waals surface area contributed by atoms with Crippen molar-refractivity contribution in [2.24, 2.45) is 0 Å². The quantitative estimate of drug-likeness (QED) is 0.576. The molecular formula is C9H16OSi. The van der Waals surface area contributed by atoms with E-state index in [2.05, 4.69) is 38.7 Å². The molecule has 1 aliphatic rings. The maximum absolute atomic E-state index is 5.87. The predicted molar refractivity (Wildman–Crippen MR) is 50.9 cm³/mol. The van der Waals surface area contributed by atoms with E-state index in [1.807, 2.05) is 0 Å². The molecule has 0 saturated heterocycles. The second-order valence-electron chi connectivity index (χ2n) is 3.93. The molecule has 0 unspecified atom stereocenters. The molecule has 0 aromatic carbocycles. The molecule has 0 radical (unpaired) electrons. The van der Waals surface area contributed by atoms with Crippen LogP contribution in [0.4, 0.5) is 0 Å². The predicted octanol–water partition coefficient (Wildman–Crippen LogP) is 3.07. The lowest BCUT2D eigenvalue weighted by atomic mass is 10.3. The standard InChI is InChI=1S/C9H16OSi/c1-8-6-5-7-9(8)10-11(2,3)4/h5-6H,7H2,1-4H3. The van der Waals surface area contributed by atoms with Crippen LogP contribution < -0.4 is 0 Å². The second kappa shape index (κ2) is 2.86. The first-order chi connectivity index (χ1) is 4.99. The molecule has 0 N–H and O–H groups in total. The van der Waals surface area contributed by atoms with Gasteiger partial charge in [0.2, 0.25) is 8.32 Å². The molecule has 2 heteroatoms. The average Bonchev–Trinajstić information content (AvgIpc) is 2.12. The second-order valence-corrected chi connectivity index (χ2v) is 8.36. The van der Waals surface area contributed by atoms with Crippen LogP contribution in [0.1, 0.15) is 13.3 Å². The Morgan fingerprint density at radius 1 is 1.36 bits per heavy atom. The summed E-state index contributed by atoms with van der Waals surface area (Å²) in [5, 5.41) is 0. The Bertz CT molecular complexity index is 208. The molecule has 0 amide bonds. The molecule has 0 aromatic heterocycles. The summed E-state index contributed by atoms with van der Waals surface area (Å²) < 4.78 is 5.87. The van der Waals surface area contributed by atoms with Crippen molar-refractivity contribution in [3.8, 4) is 0 Å². The molecule has 62 valence electrons. The summed E-state index contributed by atoms with van der Waals surface area (Å²) in [7, 11) is -1.36. The van der Waals surface area contributed by atoms with Crippen molar-refractivity contribution in [2.45, 2.75) is 33.0 Å². The zero-order valence-corrected chi connectivity index (χ0v) is 8.77. The third-order valence-electron chi connectivity index (χ3n) is 1.54. The molecule has 0 heterocycles. The van der Waals surface area contributed by atoms with Gasteiger partial charge in [-0.25, -0.2) is 0 Å². The summed E-state index contributed by atoms with van der Waals surface area (Å²) in [4.78, 5) is 0. The first-order valence-corrected chi connectivity index (χ1v) is 7.45. The highest BCUT2D eigenvalue weighted by molar-refractivity contribution is 6.70. The van der Waals surface area contributed by atoms with Crippen LogP contribution in [0, 0.1) is 0 Å². The Morgan fingerprint density at radius 3 is 2.36 bits per heavy atom. The first-order valence-electron chi connectivity index (χ1n) is 4.04. The SMILES string of the molecule is CC1=C(O[Si](C)(C)C)CC=C1. The Hall–Kier alpha value is -0.503. The monoisotopic (exact) mass is 168 g/mol. The van der Waals surface area contributed by atoms with E-state index in [9.17, 15) is 0 Å². The fourth-order valence-electron chi connectivity index (χ4n) is 1.09. The van der Waals surface area contributed by atoms with Gasteiger partial charge in [-0.1, -0.05) is 12.2 Å². The molecule has 0 saturated carbocycles. The van der Waals surface area contributed by atoms with Gasteiger partial charge in [0, 0.05) is 6.42 Å². The highest BCUT2D eigenvalue weighted by Crippen LogP contribution is 2.23. The maximum atomic E-state index is 5.87. The van der Waals surface area contributed by atoms with E-state index in [1.54, 1.807) is 0 Å². The van der Waals surface area contributed by atoms with E-state index in [0.717, 1.165) is 6.42 Å². The fourth-order valence-corrected chi connectivity index (χ4v) is 2.07. The zero-order chi connectivity index (χ0) is 8.48. The highest BCUT2D eigenvalue weighted by atomic mass is 28.4. The molecule has 0 bridgehead atoms. The number of hydrogen-bond acceptors (Lipinski definition) is 1. The summed E-state index contributed by atoms with van der Waals surface area (Å²) in [6.45, 7) is 8.75. The van der Waals surface area contributed by atoms with Crippen LogP contribution in [0.25, 0.3) is 0 Å². The van der Waals surface area contributed by atoms with Gasteiger partial charge in [0.05, 0.1) is 5.76 Å². The molecular weight excluding hydrogens is 152 g/mol. The summed E-state index contributed by atoms with van der Waals surface area (Å²) in [5.41, 5.74) is 1.30. The average molecular weight is 168 g/mol. The van der Waals surface area contributed by atoms with Gasteiger partial charge in [0.15, 0.2) is 0 Å². The third-order valence-corrected chi connectivity index (χ3v) is 2.40. The largest absolute Gasteiger partial charge is 0.547 e. The molecule has 1 nitrogen and oxygen atoms in total. The van der Waals surface area contributed by atoms with Crippen molar-refractivity contribution in [3.05, 3.63) is 23.5 Å². The van der Waals surface area contributed by atoms with Crippen molar-refractivity contribution < 1.29 is 4.43 Å². The minimum Gasteiger partial charge on any atom is -0.547 e. The molecule has 0 spiro atoms. The van der Waals surface area contributed by atoms with Gasteiger partial charge in [-0.2, -0.15) is 0 Å². The van der Waals surface area contributed by atoms with Crippen LogP contribution >= 0.6 is 0 Å². The molecule has 1 rings (SSSR count). The lowest BCUT2D eigenvalue weighted by Gasteiger charge is -2.20. The van der Waals surface area contributed by atoms with Crippen LogP contribution in [0.2, 0.25) is 19.6 Å². The number of hydrogen-bond donors (Lipinski definition) is 0. The Morgan fingerprint density at radius 2 is 2.00 bits per heavy atom. The van der Waals surface area contributed by atoms with Crippen LogP contribution in [0.3, 0.4) is 0 Å². The Kier molecular flexibility index (Phi) is 2.23. The van der Waals surface area contributed by atoms with Gasteiger partial charge < -0.3 is 4.43 Å². The van der Waals surface area contributed by atoms with Crippen molar-refractivity contribution in [2.75, 3.05) is 0 Å². The first kappa shape index (κ1) is 8.59. The normalized spacial score (nSPS) is 17.8. The van der Waals surface area contributed by atoms with Crippen LogP contribution in [-0.2, 0) is 4.43 Å². The van der Waals surface area contributed by atoms with Gasteiger partial charge in [-0.15, -0.1) is 0 Å². The van der Waals surface area contributed by atoms with E-state index in [0.29, 0.717) is 0 Å². The number of rotatable bonds is 2. The van der Waals surface area contributed by atoms with E-state index in [4.69, 9.17) is 4.43 Å². The van der Waals surface area contributed by atoms with Crippen molar-refractivity contribution in [1.29, 1.82) is 0 Å². The van der Waals surface area contributed by atoms with Crippen molar-refractivity contribution >= 4 is 8.32 Å². The van der Waals surface area contributed by atoms with E-state index >= 15 is 0 Å². The Balaban J connectivity index is 2.59. The van der Waals surface area contributed by atoms with Crippen LogP contribution in [0.15, 0.2) is 23.5 Å². The van der Waals surface area contributed by atoms with Crippen LogP contribution in [0.5, 0.6) is 0 Å². The summed E-state index contributed by atoms with van der Waals surface area (Å²) in [6.07, 6.45) is 5.29. The van der Waals surface area contributed by atoms with Crippen molar-refractivity contribution in [1.82, 2.24) is 0 Å². The Labute approximate surface area is 69.9 Å². The van der Waals surface area contributed by atoms with Gasteiger partial charge in [-0.05, 0) is 32.1 Å². The lowest BCUT2D eigenvalue weighted by Crippen LogP contribution is -2.24. The summed E-state index contributed by atoms with van der Waals surface area (Å²) >= 11 is 0. The van der Waals surface area contributed by atoms with Crippen molar-refractivity contribution in [3.63, 3.8) is 0 Å². The van der Waals surface area contributed by atoms with E-state index in [-0.39, 0.29) is 0 Å².